The van der Waals surface area contributed by atoms with E-state index < -0.39 is 12.4 Å². The zero-order valence-corrected chi connectivity index (χ0v) is 10.5. The SMILES string of the molecule is COC(=O)Cc1c(C(F)F)cc(Cl)nc1Br. The Hall–Kier alpha value is -0.750. The maximum absolute atomic E-state index is 12.7. The number of carbonyl (C=O) groups is 1. The first-order valence-electron chi connectivity index (χ1n) is 4.15. The van der Waals surface area contributed by atoms with E-state index in [2.05, 4.69) is 25.7 Å². The van der Waals surface area contributed by atoms with Gasteiger partial charge in [0.05, 0.1) is 13.5 Å². The minimum Gasteiger partial charge on any atom is -0.469 e. The highest BCUT2D eigenvalue weighted by molar-refractivity contribution is 9.10. The zero-order chi connectivity index (χ0) is 12.3. The number of alkyl halides is 2. The van der Waals surface area contributed by atoms with Crippen LogP contribution in [0.2, 0.25) is 5.15 Å². The molecular weight excluding hydrogens is 307 g/mol. The fraction of sp³-hybridized carbons (Fsp3) is 0.333. The lowest BCUT2D eigenvalue weighted by molar-refractivity contribution is -0.139. The van der Waals surface area contributed by atoms with E-state index in [4.69, 9.17) is 11.6 Å². The number of pyridine rings is 1. The Bertz CT molecular complexity index is 415. The first-order chi connectivity index (χ1) is 7.45. The van der Waals surface area contributed by atoms with Gasteiger partial charge in [0.25, 0.3) is 6.43 Å². The van der Waals surface area contributed by atoms with Gasteiger partial charge in [-0.3, -0.25) is 4.79 Å². The van der Waals surface area contributed by atoms with Crippen LogP contribution in [-0.2, 0) is 16.0 Å². The lowest BCUT2D eigenvalue weighted by atomic mass is 10.1. The predicted molar refractivity (Wildman–Crippen MR) is 57.6 cm³/mol. The normalized spacial score (nSPS) is 10.6. The van der Waals surface area contributed by atoms with Crippen molar-refractivity contribution < 1.29 is 18.3 Å². The van der Waals surface area contributed by atoms with Crippen LogP contribution in [0.15, 0.2) is 10.7 Å². The van der Waals surface area contributed by atoms with Gasteiger partial charge < -0.3 is 4.74 Å². The third kappa shape index (κ3) is 3.12. The molecule has 0 aliphatic heterocycles. The van der Waals surface area contributed by atoms with Gasteiger partial charge >= 0.3 is 5.97 Å². The molecule has 0 radical (unpaired) electrons. The molecule has 0 atom stereocenters. The summed E-state index contributed by atoms with van der Waals surface area (Å²) < 4.78 is 29.9. The molecule has 16 heavy (non-hydrogen) atoms. The minimum atomic E-state index is -2.73. The van der Waals surface area contributed by atoms with Gasteiger partial charge in [0.15, 0.2) is 0 Å². The van der Waals surface area contributed by atoms with Gasteiger partial charge in [-0.05, 0) is 22.0 Å². The van der Waals surface area contributed by atoms with Crippen molar-refractivity contribution in [2.45, 2.75) is 12.8 Å². The summed E-state index contributed by atoms with van der Waals surface area (Å²) in [6.45, 7) is 0. The van der Waals surface area contributed by atoms with Crippen molar-refractivity contribution in [1.29, 1.82) is 0 Å². The van der Waals surface area contributed by atoms with E-state index in [-0.39, 0.29) is 27.3 Å². The fourth-order valence-corrected chi connectivity index (χ4v) is 1.98. The Morgan fingerprint density at radius 1 is 1.69 bits per heavy atom. The van der Waals surface area contributed by atoms with Crippen LogP contribution in [0.5, 0.6) is 0 Å². The molecule has 88 valence electrons. The van der Waals surface area contributed by atoms with E-state index in [1.54, 1.807) is 0 Å². The van der Waals surface area contributed by atoms with E-state index in [0.29, 0.717) is 0 Å². The quantitative estimate of drug-likeness (QED) is 0.635. The van der Waals surface area contributed by atoms with Crippen molar-refractivity contribution in [3.8, 4) is 0 Å². The van der Waals surface area contributed by atoms with E-state index in [1.165, 1.54) is 7.11 Å². The number of halogens is 4. The molecule has 0 amide bonds. The number of aromatic nitrogens is 1. The second kappa shape index (κ2) is 5.54. The second-order valence-corrected chi connectivity index (χ2v) is 4.00. The van der Waals surface area contributed by atoms with Crippen LogP contribution in [0.1, 0.15) is 17.6 Å². The molecular formula is C9H7BrClF2NO2. The number of methoxy groups -OCH3 is 1. The summed E-state index contributed by atoms with van der Waals surface area (Å²) in [5, 5.41) is -0.0595. The molecule has 0 bridgehead atoms. The van der Waals surface area contributed by atoms with Gasteiger partial charge in [-0.25, -0.2) is 13.8 Å². The predicted octanol–water partition coefficient (Wildman–Crippen LogP) is 3.15. The summed E-state index contributed by atoms with van der Waals surface area (Å²) in [4.78, 5) is 14.8. The van der Waals surface area contributed by atoms with E-state index in [1.807, 2.05) is 0 Å². The van der Waals surface area contributed by atoms with Crippen LogP contribution in [0.25, 0.3) is 0 Å². The molecule has 7 heteroatoms. The molecule has 3 nitrogen and oxygen atoms in total. The highest BCUT2D eigenvalue weighted by Gasteiger charge is 2.20. The molecule has 1 aromatic rings. The number of ether oxygens (including phenoxy) is 1. The largest absolute Gasteiger partial charge is 0.469 e. The molecule has 0 spiro atoms. The summed E-state index contributed by atoms with van der Waals surface area (Å²) in [5.74, 6) is -0.619. The van der Waals surface area contributed by atoms with Gasteiger partial charge in [0.1, 0.15) is 9.76 Å². The fourth-order valence-electron chi connectivity index (χ4n) is 1.11. The van der Waals surface area contributed by atoms with Crippen molar-refractivity contribution in [2.24, 2.45) is 0 Å². The number of hydrogen-bond donors (Lipinski definition) is 0. The average molecular weight is 315 g/mol. The van der Waals surface area contributed by atoms with Gasteiger partial charge in [0.2, 0.25) is 0 Å². The summed E-state index contributed by atoms with van der Waals surface area (Å²) in [5.41, 5.74) is -0.233. The minimum absolute atomic E-state index is 0.0595. The third-order valence-electron chi connectivity index (χ3n) is 1.86. The third-order valence-corrected chi connectivity index (χ3v) is 2.71. The average Bonchev–Trinajstić information content (AvgIpc) is 2.20. The van der Waals surface area contributed by atoms with E-state index in [9.17, 15) is 13.6 Å². The first kappa shape index (κ1) is 13.3. The van der Waals surface area contributed by atoms with Crippen LogP contribution >= 0.6 is 27.5 Å². The first-order valence-corrected chi connectivity index (χ1v) is 5.32. The number of hydrogen-bond acceptors (Lipinski definition) is 3. The molecule has 0 N–H and O–H groups in total. The standard InChI is InChI=1S/C9H7BrClF2NO2/c1-16-7(15)3-4-5(9(12)13)2-6(11)14-8(4)10/h2,9H,3H2,1H3. The Morgan fingerprint density at radius 3 is 2.81 bits per heavy atom. The molecule has 0 aliphatic carbocycles. The van der Waals surface area contributed by atoms with Crippen LogP contribution < -0.4 is 0 Å². The summed E-state index contributed by atoms with van der Waals surface area (Å²) in [7, 11) is 1.18. The molecule has 0 aromatic carbocycles. The second-order valence-electron chi connectivity index (χ2n) is 2.86. The van der Waals surface area contributed by atoms with E-state index in [0.717, 1.165) is 6.07 Å². The Morgan fingerprint density at radius 2 is 2.31 bits per heavy atom. The molecule has 0 unspecified atom stereocenters. The van der Waals surface area contributed by atoms with E-state index >= 15 is 0 Å². The van der Waals surface area contributed by atoms with Crippen LogP contribution in [0.3, 0.4) is 0 Å². The summed E-state index contributed by atoms with van der Waals surface area (Å²) in [6, 6.07) is 1.04. The summed E-state index contributed by atoms with van der Waals surface area (Å²) >= 11 is 8.53. The summed E-state index contributed by atoms with van der Waals surface area (Å²) in [6.07, 6.45) is -3.00. The number of nitrogens with zero attached hydrogens (tertiary/aromatic N) is 1. The maximum Gasteiger partial charge on any atom is 0.310 e. The van der Waals surface area contributed by atoms with Gasteiger partial charge in [-0.1, -0.05) is 11.6 Å². The molecule has 1 rings (SSSR count). The zero-order valence-electron chi connectivity index (χ0n) is 8.14. The topological polar surface area (TPSA) is 39.2 Å². The molecule has 0 saturated carbocycles. The maximum atomic E-state index is 12.7. The Labute approximate surface area is 104 Å². The number of carbonyl (C=O) groups excluding carboxylic acids is 1. The van der Waals surface area contributed by atoms with Crippen LogP contribution in [0.4, 0.5) is 8.78 Å². The monoisotopic (exact) mass is 313 g/mol. The highest BCUT2D eigenvalue weighted by atomic mass is 79.9. The van der Waals surface area contributed by atoms with Crippen molar-refractivity contribution in [3.63, 3.8) is 0 Å². The molecule has 0 fully saturated rings. The van der Waals surface area contributed by atoms with Gasteiger partial charge in [-0.2, -0.15) is 0 Å². The molecule has 0 saturated heterocycles. The van der Waals surface area contributed by atoms with Crippen molar-refractivity contribution in [1.82, 2.24) is 4.98 Å². The van der Waals surface area contributed by atoms with Gasteiger partial charge in [-0.15, -0.1) is 0 Å². The molecule has 1 heterocycles. The molecule has 1 aromatic heterocycles. The Kier molecular flexibility index (Phi) is 4.61. The van der Waals surface area contributed by atoms with Gasteiger partial charge in [0, 0.05) is 11.1 Å². The lowest BCUT2D eigenvalue weighted by Crippen LogP contribution is -2.09. The van der Waals surface area contributed by atoms with Crippen molar-refractivity contribution >= 4 is 33.5 Å². The Balaban J connectivity index is 3.19. The molecule has 0 aliphatic rings. The number of rotatable bonds is 3. The lowest BCUT2D eigenvalue weighted by Gasteiger charge is -2.10. The smallest absolute Gasteiger partial charge is 0.310 e. The number of esters is 1. The highest BCUT2D eigenvalue weighted by Crippen LogP contribution is 2.30. The van der Waals surface area contributed by atoms with Crippen LogP contribution in [-0.4, -0.2) is 18.1 Å². The van der Waals surface area contributed by atoms with Crippen LogP contribution in [0, 0.1) is 0 Å². The van der Waals surface area contributed by atoms with Crippen molar-refractivity contribution in [2.75, 3.05) is 7.11 Å². The van der Waals surface area contributed by atoms with Crippen molar-refractivity contribution in [3.05, 3.63) is 26.9 Å².